The molecule has 0 amide bonds. The van der Waals surface area contributed by atoms with Gasteiger partial charge in [-0.25, -0.2) is 13.5 Å². The molecule has 0 fully saturated rings. The van der Waals surface area contributed by atoms with E-state index in [-0.39, 0.29) is 31.1 Å². The van der Waals surface area contributed by atoms with Gasteiger partial charge in [-0.15, -0.1) is 0 Å². The number of halogens is 7. The van der Waals surface area contributed by atoms with Crippen molar-refractivity contribution >= 4 is 34.5 Å². The summed E-state index contributed by atoms with van der Waals surface area (Å²) in [5.41, 5.74) is -1.41. The molecule has 26 heavy (non-hydrogen) atoms. The summed E-state index contributed by atoms with van der Waals surface area (Å²) in [6.07, 6.45) is -4.65. The number of nitrogens with zero attached hydrogens (tertiary/aromatic N) is 2. The zero-order valence-electron chi connectivity index (χ0n) is 12.3. The van der Waals surface area contributed by atoms with Crippen LogP contribution in [0.15, 0.2) is 30.3 Å². The highest BCUT2D eigenvalue weighted by molar-refractivity contribution is 7.12. The van der Waals surface area contributed by atoms with Crippen molar-refractivity contribution < 1.29 is 22.0 Å². The maximum absolute atomic E-state index is 13.9. The number of benzene rings is 2. The maximum Gasteiger partial charge on any atom is 0.416 e. The Hall–Kier alpha value is -1.97. The van der Waals surface area contributed by atoms with Gasteiger partial charge in [0.25, 0.3) is 0 Å². The first kappa shape index (κ1) is 18.8. The second-order valence-electron chi connectivity index (χ2n) is 5.03. The molecular weight excluding hydrogens is 420 g/mol. The van der Waals surface area contributed by atoms with E-state index in [1.807, 2.05) is 0 Å². The molecule has 1 aromatic heterocycles. The van der Waals surface area contributed by atoms with E-state index in [4.69, 9.17) is 28.6 Å². The van der Waals surface area contributed by atoms with Crippen LogP contribution >= 0.6 is 34.5 Å². The first-order valence-electron chi connectivity index (χ1n) is 6.74. The Kier molecular flexibility index (Phi) is 4.80. The molecule has 0 aliphatic rings. The van der Waals surface area contributed by atoms with Crippen LogP contribution in [0.5, 0.6) is 0 Å². The molecule has 0 bridgehead atoms. The van der Waals surface area contributed by atoms with Crippen LogP contribution in [-0.2, 0) is 6.18 Å². The zero-order valence-corrected chi connectivity index (χ0v) is 14.7. The van der Waals surface area contributed by atoms with Gasteiger partial charge in [0.05, 0.1) is 21.2 Å². The summed E-state index contributed by atoms with van der Waals surface area (Å²) >= 11 is 12.5. The van der Waals surface area contributed by atoms with Gasteiger partial charge in [0.1, 0.15) is 17.3 Å². The SMILES string of the molecule is N=c1sc(-c2cc(F)ccc2F)nn1-c1c(Cl)cc(C(F)(F)F)cc1Cl. The van der Waals surface area contributed by atoms with E-state index in [0.29, 0.717) is 23.5 Å². The molecule has 2 aromatic carbocycles. The van der Waals surface area contributed by atoms with Gasteiger partial charge in [-0.1, -0.05) is 34.5 Å². The highest BCUT2D eigenvalue weighted by atomic mass is 35.5. The number of hydrogen-bond acceptors (Lipinski definition) is 3. The van der Waals surface area contributed by atoms with E-state index in [1.165, 1.54) is 0 Å². The number of rotatable bonds is 2. The fraction of sp³-hybridized carbons (Fsp3) is 0.0667. The lowest BCUT2D eigenvalue weighted by atomic mass is 10.2. The van der Waals surface area contributed by atoms with E-state index >= 15 is 0 Å². The van der Waals surface area contributed by atoms with E-state index < -0.39 is 23.4 Å². The van der Waals surface area contributed by atoms with Gasteiger partial charge in [-0.2, -0.15) is 18.3 Å². The molecule has 1 heterocycles. The summed E-state index contributed by atoms with van der Waals surface area (Å²) in [6, 6.07) is 4.02. The van der Waals surface area contributed by atoms with Crippen LogP contribution in [0, 0.1) is 17.0 Å². The van der Waals surface area contributed by atoms with Crippen LogP contribution in [0.3, 0.4) is 0 Å². The Labute approximate surface area is 156 Å². The van der Waals surface area contributed by atoms with E-state index in [9.17, 15) is 22.0 Å². The molecule has 11 heteroatoms. The number of hydrogen-bond donors (Lipinski definition) is 1. The predicted molar refractivity (Wildman–Crippen MR) is 87.7 cm³/mol. The molecule has 0 atom stereocenters. The average molecular weight is 426 g/mol. The van der Waals surface area contributed by atoms with Crippen molar-refractivity contribution in [2.75, 3.05) is 0 Å². The van der Waals surface area contributed by atoms with Crippen molar-refractivity contribution in [2.45, 2.75) is 6.18 Å². The van der Waals surface area contributed by atoms with Gasteiger partial charge in [0.15, 0.2) is 5.01 Å². The highest BCUT2D eigenvalue weighted by Crippen LogP contribution is 2.37. The molecule has 0 spiro atoms. The molecule has 0 saturated carbocycles. The Bertz CT molecular complexity index is 1040. The molecule has 0 saturated heterocycles. The van der Waals surface area contributed by atoms with Crippen molar-refractivity contribution in [3.8, 4) is 16.3 Å². The number of aromatic nitrogens is 2. The van der Waals surface area contributed by atoms with Crippen molar-refractivity contribution in [1.82, 2.24) is 9.78 Å². The summed E-state index contributed by atoms with van der Waals surface area (Å²) in [7, 11) is 0. The largest absolute Gasteiger partial charge is 0.416 e. The zero-order chi connectivity index (χ0) is 19.2. The van der Waals surface area contributed by atoms with Crippen molar-refractivity contribution in [1.29, 1.82) is 5.41 Å². The minimum absolute atomic E-state index is 0.0565. The molecule has 0 aliphatic carbocycles. The van der Waals surface area contributed by atoms with Gasteiger partial charge in [-0.05, 0) is 30.3 Å². The quantitative estimate of drug-likeness (QED) is 0.526. The van der Waals surface area contributed by atoms with E-state index in [1.54, 1.807) is 0 Å². The van der Waals surface area contributed by atoms with Gasteiger partial charge >= 0.3 is 6.18 Å². The molecule has 3 aromatic rings. The second kappa shape index (κ2) is 6.64. The third-order valence-corrected chi connectivity index (χ3v) is 4.73. The van der Waals surface area contributed by atoms with Gasteiger partial charge in [0, 0.05) is 0 Å². The molecule has 3 rings (SSSR count). The van der Waals surface area contributed by atoms with Crippen LogP contribution in [0.2, 0.25) is 10.0 Å². The van der Waals surface area contributed by atoms with E-state index in [0.717, 1.165) is 22.9 Å². The van der Waals surface area contributed by atoms with Gasteiger partial charge in [0.2, 0.25) is 4.80 Å². The topological polar surface area (TPSA) is 41.7 Å². The van der Waals surface area contributed by atoms with Crippen LogP contribution < -0.4 is 4.80 Å². The summed E-state index contributed by atoms with van der Waals surface area (Å²) in [5, 5.41) is 11.1. The molecule has 0 aliphatic heterocycles. The summed E-state index contributed by atoms with van der Waals surface area (Å²) in [4.78, 5) is -0.285. The molecule has 0 unspecified atom stereocenters. The Balaban J connectivity index is 2.17. The minimum atomic E-state index is -4.65. The molecular formula is C15H6Cl2F5N3S. The monoisotopic (exact) mass is 425 g/mol. The average Bonchev–Trinajstić information content (AvgIpc) is 2.90. The third-order valence-electron chi connectivity index (χ3n) is 3.29. The highest BCUT2D eigenvalue weighted by Gasteiger charge is 2.32. The minimum Gasteiger partial charge on any atom is -0.273 e. The third kappa shape index (κ3) is 3.46. The maximum atomic E-state index is 13.9. The fourth-order valence-corrected chi connectivity index (χ4v) is 3.58. The first-order chi connectivity index (χ1) is 12.1. The van der Waals surface area contributed by atoms with Crippen molar-refractivity contribution in [3.63, 3.8) is 0 Å². The van der Waals surface area contributed by atoms with Crippen molar-refractivity contribution in [3.05, 3.63) is 62.4 Å². The first-order valence-corrected chi connectivity index (χ1v) is 8.32. The Morgan fingerprint density at radius 1 is 1.04 bits per heavy atom. The lowest BCUT2D eigenvalue weighted by molar-refractivity contribution is -0.137. The smallest absolute Gasteiger partial charge is 0.273 e. The normalized spacial score (nSPS) is 11.8. The van der Waals surface area contributed by atoms with Gasteiger partial charge in [-0.3, -0.25) is 5.41 Å². The number of nitrogens with one attached hydrogen (secondary N) is 1. The predicted octanol–water partition coefficient (Wildman–Crippen LogP) is 5.68. The van der Waals surface area contributed by atoms with Gasteiger partial charge < -0.3 is 0 Å². The lowest BCUT2D eigenvalue weighted by Crippen LogP contribution is -2.14. The Morgan fingerprint density at radius 2 is 1.65 bits per heavy atom. The molecule has 0 radical (unpaired) electrons. The molecule has 136 valence electrons. The van der Waals surface area contributed by atoms with Crippen LogP contribution in [0.1, 0.15) is 5.56 Å². The lowest BCUT2D eigenvalue weighted by Gasteiger charge is -2.12. The summed E-state index contributed by atoms with van der Waals surface area (Å²) < 4.78 is 66.6. The van der Waals surface area contributed by atoms with Crippen molar-refractivity contribution in [2.24, 2.45) is 0 Å². The summed E-state index contributed by atoms with van der Waals surface area (Å²) in [6.45, 7) is 0. The molecule has 1 N–H and O–H groups in total. The second-order valence-corrected chi connectivity index (χ2v) is 6.83. The molecule has 3 nitrogen and oxygen atoms in total. The fourth-order valence-electron chi connectivity index (χ4n) is 2.14. The standard InChI is InChI=1S/C15H6Cl2F5N3S/c16-9-3-6(15(20,21)22)4-10(17)12(9)25-14(23)26-13(24-25)8-5-7(18)1-2-11(8)19/h1-5,23H. The Morgan fingerprint density at radius 3 is 2.23 bits per heavy atom. The van der Waals surface area contributed by atoms with Crippen LogP contribution in [0.25, 0.3) is 16.3 Å². The van der Waals surface area contributed by atoms with Crippen LogP contribution in [0.4, 0.5) is 22.0 Å². The van der Waals surface area contributed by atoms with Crippen LogP contribution in [-0.4, -0.2) is 9.78 Å². The summed E-state index contributed by atoms with van der Waals surface area (Å²) in [5.74, 6) is -1.47. The number of alkyl halides is 3. The van der Waals surface area contributed by atoms with E-state index in [2.05, 4.69) is 5.10 Å².